The quantitative estimate of drug-likeness (QED) is 0.672. The Morgan fingerprint density at radius 2 is 2.38 bits per heavy atom. The highest BCUT2D eigenvalue weighted by molar-refractivity contribution is 5.72. The average molecular weight is 181 g/mol. The highest BCUT2D eigenvalue weighted by atomic mass is 16.4. The van der Waals surface area contributed by atoms with Crippen LogP contribution in [0.2, 0.25) is 0 Å². The van der Waals surface area contributed by atoms with Gasteiger partial charge in [0.25, 0.3) is 0 Å². The first-order valence-electron chi connectivity index (χ1n) is 3.93. The van der Waals surface area contributed by atoms with E-state index in [0.717, 1.165) is 5.69 Å². The smallest absolute Gasteiger partial charge is 0.320 e. The second-order valence-electron chi connectivity index (χ2n) is 2.68. The predicted molar refractivity (Wildman–Crippen MR) is 46.0 cm³/mol. The summed E-state index contributed by atoms with van der Waals surface area (Å²) < 4.78 is 0. The fourth-order valence-corrected chi connectivity index (χ4v) is 0.886. The molecule has 3 N–H and O–H groups in total. The number of rotatable bonds is 4. The molecule has 0 bridgehead atoms. The molecule has 1 aromatic heterocycles. The van der Waals surface area contributed by atoms with Crippen LogP contribution < -0.4 is 5.73 Å². The van der Waals surface area contributed by atoms with Gasteiger partial charge >= 0.3 is 5.97 Å². The van der Waals surface area contributed by atoms with E-state index in [9.17, 15) is 4.79 Å². The van der Waals surface area contributed by atoms with Gasteiger partial charge in [-0.15, -0.1) is 0 Å². The van der Waals surface area contributed by atoms with Crippen LogP contribution in [0.4, 0.5) is 0 Å². The third-order valence-electron chi connectivity index (χ3n) is 1.65. The van der Waals surface area contributed by atoms with Crippen molar-refractivity contribution < 1.29 is 9.90 Å². The molecule has 0 spiro atoms. The first-order valence-corrected chi connectivity index (χ1v) is 3.93. The van der Waals surface area contributed by atoms with Crippen LogP contribution in [-0.2, 0) is 11.2 Å². The van der Waals surface area contributed by atoms with Gasteiger partial charge < -0.3 is 10.8 Å². The molecule has 0 saturated heterocycles. The highest BCUT2D eigenvalue weighted by Gasteiger charge is 2.10. The fourth-order valence-electron chi connectivity index (χ4n) is 0.886. The van der Waals surface area contributed by atoms with Gasteiger partial charge in [0.1, 0.15) is 6.04 Å². The van der Waals surface area contributed by atoms with Gasteiger partial charge in [0, 0.05) is 18.6 Å². The van der Waals surface area contributed by atoms with E-state index in [1.165, 1.54) is 0 Å². The molecule has 5 heteroatoms. The van der Waals surface area contributed by atoms with E-state index in [1.54, 1.807) is 18.6 Å². The molecular weight excluding hydrogens is 170 g/mol. The molecule has 0 radical (unpaired) electrons. The molecule has 0 fully saturated rings. The van der Waals surface area contributed by atoms with Gasteiger partial charge in [0.2, 0.25) is 0 Å². The van der Waals surface area contributed by atoms with E-state index in [4.69, 9.17) is 10.8 Å². The summed E-state index contributed by atoms with van der Waals surface area (Å²) in [6.07, 6.45) is 5.67. The molecule has 0 saturated carbocycles. The molecular formula is C8H11N3O2. The Morgan fingerprint density at radius 1 is 1.62 bits per heavy atom. The van der Waals surface area contributed by atoms with Gasteiger partial charge in [-0.1, -0.05) is 0 Å². The molecule has 5 nitrogen and oxygen atoms in total. The number of aryl methyl sites for hydroxylation is 1. The van der Waals surface area contributed by atoms with Crippen LogP contribution in [0.25, 0.3) is 0 Å². The van der Waals surface area contributed by atoms with Crippen LogP contribution in [0.15, 0.2) is 18.6 Å². The minimum absolute atomic E-state index is 0.383. The highest BCUT2D eigenvalue weighted by Crippen LogP contribution is 1.98. The van der Waals surface area contributed by atoms with Crippen LogP contribution in [0.5, 0.6) is 0 Å². The van der Waals surface area contributed by atoms with Crippen molar-refractivity contribution in [3.63, 3.8) is 0 Å². The van der Waals surface area contributed by atoms with Crippen molar-refractivity contribution in [3.05, 3.63) is 24.3 Å². The molecule has 0 aromatic carbocycles. The van der Waals surface area contributed by atoms with Gasteiger partial charge in [-0.3, -0.25) is 14.8 Å². The first-order chi connectivity index (χ1) is 6.20. The van der Waals surface area contributed by atoms with Gasteiger partial charge in [0.05, 0.1) is 5.69 Å². The zero-order valence-electron chi connectivity index (χ0n) is 7.05. The van der Waals surface area contributed by atoms with Gasteiger partial charge in [-0.25, -0.2) is 0 Å². The minimum atomic E-state index is -0.983. The van der Waals surface area contributed by atoms with Crippen LogP contribution in [0, 0.1) is 0 Å². The molecule has 0 aliphatic carbocycles. The summed E-state index contributed by atoms with van der Waals surface area (Å²) in [6.45, 7) is 0. The number of carboxylic acid groups (broad SMARTS) is 1. The van der Waals surface area contributed by atoms with Gasteiger partial charge in [-0.05, 0) is 12.8 Å². The van der Waals surface area contributed by atoms with E-state index >= 15 is 0 Å². The van der Waals surface area contributed by atoms with Crippen LogP contribution >= 0.6 is 0 Å². The lowest BCUT2D eigenvalue weighted by molar-refractivity contribution is -0.138. The Balaban J connectivity index is 2.39. The van der Waals surface area contributed by atoms with Crippen molar-refractivity contribution in [3.8, 4) is 0 Å². The number of hydrogen-bond donors (Lipinski definition) is 2. The number of aromatic nitrogens is 2. The second kappa shape index (κ2) is 4.51. The van der Waals surface area contributed by atoms with E-state index in [0.29, 0.717) is 12.8 Å². The predicted octanol–water partition coefficient (Wildman–Crippen LogP) is -0.179. The Hall–Kier alpha value is -1.49. The van der Waals surface area contributed by atoms with E-state index < -0.39 is 12.0 Å². The van der Waals surface area contributed by atoms with Crippen molar-refractivity contribution >= 4 is 5.97 Å². The zero-order chi connectivity index (χ0) is 9.68. The standard InChI is InChI=1S/C8H11N3O2/c9-7(8(12)13)2-1-6-5-10-3-4-11-6/h3-5,7H,1-2,9H2,(H,12,13)/t7-/m0/s1. The lowest BCUT2D eigenvalue weighted by atomic mass is 10.1. The molecule has 13 heavy (non-hydrogen) atoms. The molecule has 1 heterocycles. The maximum absolute atomic E-state index is 10.4. The normalized spacial score (nSPS) is 12.4. The summed E-state index contributed by atoms with van der Waals surface area (Å²) >= 11 is 0. The van der Waals surface area contributed by atoms with Crippen LogP contribution in [0.1, 0.15) is 12.1 Å². The zero-order valence-corrected chi connectivity index (χ0v) is 7.05. The molecule has 0 unspecified atom stereocenters. The van der Waals surface area contributed by atoms with Crippen LogP contribution in [-0.4, -0.2) is 27.1 Å². The third kappa shape index (κ3) is 3.16. The monoisotopic (exact) mass is 181 g/mol. The van der Waals surface area contributed by atoms with Crippen LogP contribution in [0.3, 0.4) is 0 Å². The minimum Gasteiger partial charge on any atom is -0.480 e. The number of hydrogen-bond acceptors (Lipinski definition) is 4. The number of nitrogens with zero attached hydrogens (tertiary/aromatic N) is 2. The van der Waals surface area contributed by atoms with Crippen molar-refractivity contribution in [2.75, 3.05) is 0 Å². The van der Waals surface area contributed by atoms with Crippen molar-refractivity contribution in [1.82, 2.24) is 9.97 Å². The lowest BCUT2D eigenvalue weighted by Crippen LogP contribution is -2.30. The molecule has 1 aromatic rings. The molecule has 1 rings (SSSR count). The molecule has 0 amide bonds. The first kappa shape index (κ1) is 9.60. The lowest BCUT2D eigenvalue weighted by Gasteiger charge is -2.04. The number of carbonyl (C=O) groups is 1. The van der Waals surface area contributed by atoms with Crippen molar-refractivity contribution in [2.24, 2.45) is 5.73 Å². The summed E-state index contributed by atoms with van der Waals surface area (Å²) in [5.41, 5.74) is 6.08. The van der Waals surface area contributed by atoms with Crippen molar-refractivity contribution in [1.29, 1.82) is 0 Å². The molecule has 0 aliphatic heterocycles. The Morgan fingerprint density at radius 3 is 2.92 bits per heavy atom. The average Bonchev–Trinajstić information content (AvgIpc) is 2.15. The van der Waals surface area contributed by atoms with E-state index in [-0.39, 0.29) is 0 Å². The maximum atomic E-state index is 10.4. The Labute approximate surface area is 75.6 Å². The fraction of sp³-hybridized carbons (Fsp3) is 0.375. The summed E-state index contributed by atoms with van der Waals surface area (Å²) in [5, 5.41) is 8.50. The SMILES string of the molecule is N[C@@H](CCc1cnccn1)C(=O)O. The largest absolute Gasteiger partial charge is 0.480 e. The third-order valence-corrected chi connectivity index (χ3v) is 1.65. The maximum Gasteiger partial charge on any atom is 0.320 e. The van der Waals surface area contributed by atoms with Crippen molar-refractivity contribution in [2.45, 2.75) is 18.9 Å². The van der Waals surface area contributed by atoms with E-state index in [1.807, 2.05) is 0 Å². The molecule has 70 valence electrons. The van der Waals surface area contributed by atoms with Gasteiger partial charge in [-0.2, -0.15) is 0 Å². The van der Waals surface area contributed by atoms with Gasteiger partial charge in [0.15, 0.2) is 0 Å². The summed E-state index contributed by atoms with van der Waals surface area (Å²) in [7, 11) is 0. The second-order valence-corrected chi connectivity index (χ2v) is 2.68. The summed E-state index contributed by atoms with van der Waals surface area (Å²) in [6, 6.07) is -0.818. The Kier molecular flexibility index (Phi) is 3.33. The number of aliphatic carboxylic acids is 1. The number of carboxylic acids is 1. The topological polar surface area (TPSA) is 89.1 Å². The molecule has 1 atom stereocenters. The Bertz CT molecular complexity index is 276. The summed E-state index contributed by atoms with van der Waals surface area (Å²) in [5.74, 6) is -0.983. The summed E-state index contributed by atoms with van der Waals surface area (Å²) in [4.78, 5) is 18.2. The number of nitrogens with two attached hydrogens (primary N) is 1. The molecule has 0 aliphatic rings. The van der Waals surface area contributed by atoms with E-state index in [2.05, 4.69) is 9.97 Å².